The lowest BCUT2D eigenvalue weighted by atomic mass is 10.1. The number of rotatable bonds is 5. The third-order valence-electron chi connectivity index (χ3n) is 3.41. The van der Waals surface area contributed by atoms with Gasteiger partial charge in [0.25, 0.3) is 0 Å². The molecule has 0 aliphatic carbocycles. The van der Waals surface area contributed by atoms with Crippen LogP contribution in [0.15, 0.2) is 46.2 Å². The van der Waals surface area contributed by atoms with Crippen LogP contribution in [0.1, 0.15) is 11.1 Å². The maximum absolute atomic E-state index is 12.1. The number of carbonyl (C=O) groups is 1. The Morgan fingerprint density at radius 2 is 2.00 bits per heavy atom. The van der Waals surface area contributed by atoms with Crippen LogP contribution in [-0.4, -0.2) is 26.4 Å². The normalized spacial score (nSPS) is 10.8. The van der Waals surface area contributed by atoms with Crippen molar-refractivity contribution in [2.45, 2.75) is 19.0 Å². The number of carbonyl (C=O) groups excluding carboxylic acids is 1. The number of amides is 1. The van der Waals surface area contributed by atoms with Crippen molar-refractivity contribution in [3.05, 3.63) is 47.7 Å². The molecule has 3 aromatic rings. The Labute approximate surface area is 144 Å². The average molecular weight is 342 g/mol. The first kappa shape index (κ1) is 16.3. The molecule has 2 aromatic heterocycles. The lowest BCUT2D eigenvalue weighted by Crippen LogP contribution is -2.14. The molecule has 0 unspecified atom stereocenters. The van der Waals surface area contributed by atoms with Crippen molar-refractivity contribution >= 4 is 23.4 Å². The van der Waals surface area contributed by atoms with Gasteiger partial charge in [-0.1, -0.05) is 17.8 Å². The fraction of sp³-hybridized carbons (Fsp3) is 0.235. The van der Waals surface area contributed by atoms with Gasteiger partial charge in [-0.25, -0.2) is 0 Å². The topological polar surface area (TPSA) is 73.0 Å². The summed E-state index contributed by atoms with van der Waals surface area (Å²) in [5.74, 6) is 1.47. The first-order valence-electron chi connectivity index (χ1n) is 7.47. The van der Waals surface area contributed by atoms with E-state index in [0.29, 0.717) is 16.7 Å². The Kier molecular flexibility index (Phi) is 4.71. The van der Waals surface area contributed by atoms with Crippen LogP contribution in [0, 0.1) is 13.8 Å². The highest BCUT2D eigenvalue weighted by molar-refractivity contribution is 7.99. The Morgan fingerprint density at radius 3 is 2.67 bits per heavy atom. The highest BCUT2D eigenvalue weighted by atomic mass is 32.2. The Hall–Kier alpha value is -2.54. The summed E-state index contributed by atoms with van der Waals surface area (Å²) < 4.78 is 7.14. The van der Waals surface area contributed by atoms with Gasteiger partial charge in [-0.05, 0) is 49.2 Å². The van der Waals surface area contributed by atoms with E-state index in [-0.39, 0.29) is 11.7 Å². The van der Waals surface area contributed by atoms with Crippen molar-refractivity contribution in [1.29, 1.82) is 0 Å². The van der Waals surface area contributed by atoms with Crippen LogP contribution in [0.2, 0.25) is 0 Å². The number of hydrogen-bond acceptors (Lipinski definition) is 5. The maximum atomic E-state index is 12.1. The smallest absolute Gasteiger partial charge is 0.234 e. The summed E-state index contributed by atoms with van der Waals surface area (Å²) in [7, 11) is 1.85. The number of nitrogens with one attached hydrogen (secondary N) is 1. The molecule has 1 amide bonds. The quantitative estimate of drug-likeness (QED) is 0.719. The van der Waals surface area contributed by atoms with E-state index in [9.17, 15) is 4.79 Å². The van der Waals surface area contributed by atoms with Gasteiger partial charge in [-0.3, -0.25) is 4.79 Å². The summed E-state index contributed by atoms with van der Waals surface area (Å²) in [5.41, 5.74) is 3.05. The van der Waals surface area contributed by atoms with Gasteiger partial charge >= 0.3 is 0 Å². The predicted molar refractivity (Wildman–Crippen MR) is 94.0 cm³/mol. The predicted octanol–water partition coefficient (Wildman–Crippen LogP) is 3.42. The van der Waals surface area contributed by atoms with Gasteiger partial charge in [-0.2, -0.15) is 0 Å². The van der Waals surface area contributed by atoms with Gasteiger partial charge in [0.1, 0.15) is 0 Å². The van der Waals surface area contributed by atoms with Crippen LogP contribution in [0.5, 0.6) is 0 Å². The molecule has 1 aromatic carbocycles. The average Bonchev–Trinajstić information content (AvgIpc) is 3.13. The van der Waals surface area contributed by atoms with E-state index in [1.807, 2.05) is 43.7 Å². The van der Waals surface area contributed by atoms with Crippen molar-refractivity contribution in [2.24, 2.45) is 7.05 Å². The van der Waals surface area contributed by atoms with Crippen molar-refractivity contribution in [1.82, 2.24) is 14.8 Å². The van der Waals surface area contributed by atoms with Crippen LogP contribution in [0.3, 0.4) is 0 Å². The molecule has 0 radical (unpaired) electrons. The first-order valence-corrected chi connectivity index (χ1v) is 8.45. The first-order chi connectivity index (χ1) is 11.5. The van der Waals surface area contributed by atoms with Crippen LogP contribution < -0.4 is 5.32 Å². The Balaban J connectivity index is 1.62. The molecule has 0 saturated heterocycles. The van der Waals surface area contributed by atoms with E-state index in [4.69, 9.17) is 4.42 Å². The van der Waals surface area contributed by atoms with E-state index >= 15 is 0 Å². The summed E-state index contributed by atoms with van der Waals surface area (Å²) >= 11 is 1.34. The van der Waals surface area contributed by atoms with E-state index in [2.05, 4.69) is 21.6 Å². The highest BCUT2D eigenvalue weighted by Gasteiger charge is 2.14. The van der Waals surface area contributed by atoms with Gasteiger partial charge in [-0.15, -0.1) is 10.2 Å². The molecule has 0 spiro atoms. The zero-order chi connectivity index (χ0) is 17.1. The molecule has 1 N–H and O–H groups in total. The maximum Gasteiger partial charge on any atom is 0.234 e. The van der Waals surface area contributed by atoms with Crippen LogP contribution >= 0.6 is 11.8 Å². The summed E-state index contributed by atoms with van der Waals surface area (Å²) in [5, 5.41) is 11.8. The molecular weight excluding hydrogens is 324 g/mol. The molecular formula is C17H18N4O2S. The number of hydrogen-bond donors (Lipinski definition) is 1. The fourth-order valence-electron chi connectivity index (χ4n) is 2.43. The van der Waals surface area contributed by atoms with Crippen LogP contribution in [-0.2, 0) is 11.8 Å². The standard InChI is InChI=1S/C17H18N4O2S/c1-11-7-12(2)9-13(8-11)18-15(22)10-24-17-20-19-16(21(17)3)14-5-4-6-23-14/h4-9H,10H2,1-3H3,(H,18,22). The molecule has 0 aliphatic heterocycles. The molecule has 0 aliphatic rings. The monoisotopic (exact) mass is 342 g/mol. The number of nitrogens with zero attached hydrogens (tertiary/aromatic N) is 3. The highest BCUT2D eigenvalue weighted by Crippen LogP contribution is 2.23. The van der Waals surface area contributed by atoms with Crippen LogP contribution in [0.4, 0.5) is 5.69 Å². The number of anilines is 1. The molecule has 3 rings (SSSR count). The molecule has 2 heterocycles. The van der Waals surface area contributed by atoms with Gasteiger partial charge < -0.3 is 14.3 Å². The third kappa shape index (κ3) is 3.68. The van der Waals surface area contributed by atoms with Gasteiger partial charge in [0, 0.05) is 12.7 Å². The van der Waals surface area contributed by atoms with Crippen molar-refractivity contribution in [3.8, 4) is 11.6 Å². The molecule has 124 valence electrons. The molecule has 6 nitrogen and oxygen atoms in total. The lowest BCUT2D eigenvalue weighted by Gasteiger charge is -2.07. The summed E-state index contributed by atoms with van der Waals surface area (Å²) in [6, 6.07) is 9.60. The van der Waals surface area contributed by atoms with Gasteiger partial charge in [0.2, 0.25) is 5.91 Å². The van der Waals surface area contributed by atoms with E-state index in [0.717, 1.165) is 16.8 Å². The van der Waals surface area contributed by atoms with Crippen LogP contribution in [0.25, 0.3) is 11.6 Å². The van der Waals surface area contributed by atoms with Crippen molar-refractivity contribution < 1.29 is 9.21 Å². The zero-order valence-electron chi connectivity index (χ0n) is 13.7. The Morgan fingerprint density at radius 1 is 1.25 bits per heavy atom. The number of aryl methyl sites for hydroxylation is 2. The second-order valence-electron chi connectivity index (χ2n) is 5.56. The van der Waals surface area contributed by atoms with Gasteiger partial charge in [0.15, 0.2) is 16.7 Å². The van der Waals surface area contributed by atoms with Gasteiger partial charge in [0.05, 0.1) is 12.0 Å². The molecule has 0 saturated carbocycles. The number of furan rings is 1. The molecule has 24 heavy (non-hydrogen) atoms. The summed E-state index contributed by atoms with van der Waals surface area (Å²) in [4.78, 5) is 12.1. The zero-order valence-corrected chi connectivity index (χ0v) is 14.6. The molecule has 0 bridgehead atoms. The van der Waals surface area contributed by atoms with E-state index in [1.54, 1.807) is 12.3 Å². The fourth-order valence-corrected chi connectivity index (χ4v) is 3.15. The minimum absolute atomic E-state index is 0.0763. The largest absolute Gasteiger partial charge is 0.461 e. The number of benzene rings is 1. The second-order valence-corrected chi connectivity index (χ2v) is 6.50. The third-order valence-corrected chi connectivity index (χ3v) is 4.43. The minimum atomic E-state index is -0.0763. The second kappa shape index (κ2) is 6.92. The van der Waals surface area contributed by atoms with E-state index < -0.39 is 0 Å². The molecule has 7 heteroatoms. The number of thioether (sulfide) groups is 1. The van der Waals surface area contributed by atoms with Crippen molar-refractivity contribution in [3.63, 3.8) is 0 Å². The lowest BCUT2D eigenvalue weighted by molar-refractivity contribution is -0.113. The van der Waals surface area contributed by atoms with Crippen molar-refractivity contribution in [2.75, 3.05) is 11.1 Å². The summed E-state index contributed by atoms with van der Waals surface area (Å²) in [6.07, 6.45) is 1.59. The number of aromatic nitrogens is 3. The summed E-state index contributed by atoms with van der Waals surface area (Å²) in [6.45, 7) is 4.01. The van der Waals surface area contributed by atoms with E-state index in [1.165, 1.54) is 11.8 Å². The SMILES string of the molecule is Cc1cc(C)cc(NC(=O)CSc2nnc(-c3ccco3)n2C)c1. The molecule has 0 fully saturated rings. The minimum Gasteiger partial charge on any atom is -0.461 e. The molecule has 0 atom stereocenters. The Bertz CT molecular complexity index is 835.